The molecule has 0 aliphatic heterocycles. The number of rotatable bonds is 6. The minimum Gasteiger partial charge on any atom is -0.356 e. The molecule has 0 saturated heterocycles. The summed E-state index contributed by atoms with van der Waals surface area (Å²) in [5, 5.41) is 6.69. The van der Waals surface area contributed by atoms with E-state index < -0.39 is 0 Å². The van der Waals surface area contributed by atoms with E-state index in [-0.39, 0.29) is 24.0 Å². The summed E-state index contributed by atoms with van der Waals surface area (Å²) in [5.74, 6) is 2.73. The van der Waals surface area contributed by atoms with E-state index in [0.717, 1.165) is 12.5 Å². The molecule has 0 spiro atoms. The summed E-state index contributed by atoms with van der Waals surface area (Å²) in [6.45, 7) is 7.59. The number of aliphatic imine (C=N–C) groups is 1. The Bertz CT molecular complexity index is 186. The predicted octanol–water partition coefficient (Wildman–Crippen LogP) is 2.57. The zero-order chi connectivity index (χ0) is 11.7. The molecule has 0 aromatic carbocycles. The molecule has 1 unspecified atom stereocenters. The van der Waals surface area contributed by atoms with E-state index >= 15 is 0 Å². The summed E-state index contributed by atoms with van der Waals surface area (Å²) < 4.78 is 0. The maximum Gasteiger partial charge on any atom is 0.191 e. The Morgan fingerprint density at radius 2 is 1.94 bits per heavy atom. The topological polar surface area (TPSA) is 36.4 Å². The zero-order valence-electron chi connectivity index (χ0n) is 11.0. The second-order valence-electron chi connectivity index (χ2n) is 4.02. The summed E-state index contributed by atoms with van der Waals surface area (Å²) in [5.41, 5.74) is 0. The van der Waals surface area contributed by atoms with Gasteiger partial charge in [-0.3, -0.25) is 4.99 Å². The van der Waals surface area contributed by atoms with Crippen LogP contribution in [0, 0.1) is 5.92 Å². The molecule has 16 heavy (non-hydrogen) atoms. The highest BCUT2D eigenvalue weighted by Gasteiger charge is 2.07. The Labute approximate surface area is 122 Å². The van der Waals surface area contributed by atoms with E-state index in [1.54, 1.807) is 0 Å². The lowest BCUT2D eigenvalue weighted by atomic mass is 10.1. The molecule has 0 aliphatic carbocycles. The van der Waals surface area contributed by atoms with Crippen molar-refractivity contribution in [1.82, 2.24) is 10.6 Å². The fourth-order valence-electron chi connectivity index (χ4n) is 1.00. The van der Waals surface area contributed by atoms with Crippen LogP contribution in [0.1, 0.15) is 27.2 Å². The molecule has 3 nitrogen and oxygen atoms in total. The lowest BCUT2D eigenvalue weighted by Crippen LogP contribution is -2.44. The summed E-state index contributed by atoms with van der Waals surface area (Å²) in [4.78, 5) is 4.20. The summed E-state index contributed by atoms with van der Waals surface area (Å²) in [6, 6.07) is 0.455. The number of halogens is 1. The molecule has 0 fully saturated rings. The maximum absolute atomic E-state index is 4.20. The maximum atomic E-state index is 4.20. The third-order valence-electron chi connectivity index (χ3n) is 2.41. The van der Waals surface area contributed by atoms with Crippen LogP contribution in [-0.4, -0.2) is 37.6 Å². The first kappa shape index (κ1) is 18.7. The molecule has 98 valence electrons. The van der Waals surface area contributed by atoms with E-state index in [0.29, 0.717) is 12.0 Å². The number of thioether (sulfide) groups is 1. The molecule has 0 heterocycles. The molecule has 0 aliphatic rings. The molecule has 0 aromatic heterocycles. The van der Waals surface area contributed by atoms with Crippen LogP contribution in [0.15, 0.2) is 4.99 Å². The van der Waals surface area contributed by atoms with Gasteiger partial charge in [0.2, 0.25) is 0 Å². The van der Waals surface area contributed by atoms with E-state index in [4.69, 9.17) is 0 Å². The second kappa shape index (κ2) is 11.8. The van der Waals surface area contributed by atoms with Crippen LogP contribution in [0.4, 0.5) is 0 Å². The van der Waals surface area contributed by atoms with Crippen LogP contribution >= 0.6 is 35.7 Å². The van der Waals surface area contributed by atoms with Crippen molar-refractivity contribution in [3.05, 3.63) is 0 Å². The van der Waals surface area contributed by atoms with Gasteiger partial charge >= 0.3 is 0 Å². The number of nitrogens with one attached hydrogen (secondary N) is 2. The van der Waals surface area contributed by atoms with Crippen molar-refractivity contribution in [2.45, 2.75) is 33.2 Å². The number of guanidine groups is 1. The van der Waals surface area contributed by atoms with Crippen LogP contribution in [-0.2, 0) is 0 Å². The molecule has 1 atom stereocenters. The largest absolute Gasteiger partial charge is 0.356 e. The van der Waals surface area contributed by atoms with Gasteiger partial charge in [-0.05, 0) is 31.3 Å². The number of hydrogen-bond acceptors (Lipinski definition) is 2. The second-order valence-corrected chi connectivity index (χ2v) is 5.01. The van der Waals surface area contributed by atoms with E-state index in [1.165, 1.54) is 12.2 Å². The third-order valence-corrected chi connectivity index (χ3v) is 3.10. The van der Waals surface area contributed by atoms with Crippen LogP contribution in [0.5, 0.6) is 0 Å². The van der Waals surface area contributed by atoms with Gasteiger partial charge in [0.15, 0.2) is 5.96 Å². The predicted molar refractivity (Wildman–Crippen MR) is 87.2 cm³/mol. The molecule has 0 amide bonds. The lowest BCUT2D eigenvalue weighted by molar-refractivity contribution is 0.481. The van der Waals surface area contributed by atoms with Crippen molar-refractivity contribution < 1.29 is 0 Å². The highest BCUT2D eigenvalue weighted by Crippen LogP contribution is 1.99. The van der Waals surface area contributed by atoms with Crippen LogP contribution < -0.4 is 10.6 Å². The number of nitrogens with zero attached hydrogens (tertiary/aromatic N) is 1. The van der Waals surface area contributed by atoms with Crippen molar-refractivity contribution in [3.63, 3.8) is 0 Å². The van der Waals surface area contributed by atoms with Gasteiger partial charge < -0.3 is 10.6 Å². The minimum atomic E-state index is 0. The fraction of sp³-hybridized carbons (Fsp3) is 0.909. The number of hydrogen-bond donors (Lipinski definition) is 2. The molecule has 0 aromatic rings. The first-order valence-corrected chi connectivity index (χ1v) is 6.97. The first-order valence-electron chi connectivity index (χ1n) is 5.58. The smallest absolute Gasteiger partial charge is 0.191 e. The lowest BCUT2D eigenvalue weighted by Gasteiger charge is -2.20. The summed E-state index contributed by atoms with van der Waals surface area (Å²) in [6.07, 6.45) is 3.31. The normalized spacial score (nSPS) is 13.2. The minimum absolute atomic E-state index is 0. The van der Waals surface area contributed by atoms with Crippen molar-refractivity contribution >= 4 is 41.7 Å². The van der Waals surface area contributed by atoms with Crippen LogP contribution in [0.2, 0.25) is 0 Å². The SMILES string of the molecule is CN=C(NCCCSC)NC(C)C(C)C.I. The van der Waals surface area contributed by atoms with Gasteiger partial charge in [-0.15, -0.1) is 24.0 Å². The van der Waals surface area contributed by atoms with Crippen molar-refractivity contribution in [1.29, 1.82) is 0 Å². The van der Waals surface area contributed by atoms with E-state index in [1.807, 2.05) is 18.8 Å². The average Bonchev–Trinajstić information content (AvgIpc) is 2.22. The van der Waals surface area contributed by atoms with Gasteiger partial charge in [0, 0.05) is 19.6 Å². The Hall–Kier alpha value is 0.350. The Morgan fingerprint density at radius 3 is 2.38 bits per heavy atom. The monoisotopic (exact) mass is 359 g/mol. The van der Waals surface area contributed by atoms with Crippen molar-refractivity contribution in [3.8, 4) is 0 Å². The summed E-state index contributed by atoms with van der Waals surface area (Å²) >= 11 is 1.88. The standard InChI is InChI=1S/C11H25N3S.HI/c1-9(2)10(3)14-11(12-4)13-7-6-8-15-5;/h9-10H,6-8H2,1-5H3,(H2,12,13,14);1H. The van der Waals surface area contributed by atoms with Gasteiger partial charge in [0.05, 0.1) is 0 Å². The van der Waals surface area contributed by atoms with Gasteiger partial charge in [0.1, 0.15) is 0 Å². The molecule has 2 N–H and O–H groups in total. The van der Waals surface area contributed by atoms with Crippen molar-refractivity contribution in [2.75, 3.05) is 25.6 Å². The van der Waals surface area contributed by atoms with Gasteiger partial charge in [-0.2, -0.15) is 11.8 Å². The van der Waals surface area contributed by atoms with Crippen molar-refractivity contribution in [2.24, 2.45) is 10.9 Å². The van der Waals surface area contributed by atoms with E-state index in [9.17, 15) is 0 Å². The van der Waals surface area contributed by atoms with Gasteiger partial charge in [-0.1, -0.05) is 13.8 Å². The molecular weight excluding hydrogens is 333 g/mol. The zero-order valence-corrected chi connectivity index (χ0v) is 14.2. The van der Waals surface area contributed by atoms with Gasteiger partial charge in [-0.25, -0.2) is 0 Å². The Morgan fingerprint density at radius 1 is 1.31 bits per heavy atom. The molecule has 0 bridgehead atoms. The van der Waals surface area contributed by atoms with Crippen LogP contribution in [0.3, 0.4) is 0 Å². The average molecular weight is 359 g/mol. The molecule has 5 heteroatoms. The van der Waals surface area contributed by atoms with E-state index in [2.05, 4.69) is 42.7 Å². The Kier molecular flexibility index (Phi) is 13.8. The quantitative estimate of drug-likeness (QED) is 0.331. The highest BCUT2D eigenvalue weighted by atomic mass is 127. The summed E-state index contributed by atoms with van der Waals surface area (Å²) in [7, 11) is 1.82. The molecular formula is C11H26IN3S. The third kappa shape index (κ3) is 9.57. The molecule has 0 saturated carbocycles. The Balaban J connectivity index is 0. The molecule has 0 radical (unpaired) electrons. The fourth-order valence-corrected chi connectivity index (χ4v) is 1.43. The highest BCUT2D eigenvalue weighted by molar-refractivity contribution is 14.0. The van der Waals surface area contributed by atoms with Crippen LogP contribution in [0.25, 0.3) is 0 Å². The van der Waals surface area contributed by atoms with Gasteiger partial charge in [0.25, 0.3) is 0 Å². The first-order chi connectivity index (χ1) is 7.11. The molecule has 0 rings (SSSR count).